The number of ether oxygens (including phenoxy) is 1. The molecule has 0 amide bonds. The van der Waals surface area contributed by atoms with Gasteiger partial charge in [0.1, 0.15) is 0 Å². The van der Waals surface area contributed by atoms with Gasteiger partial charge in [-0.1, -0.05) is 12.8 Å². The third kappa shape index (κ3) is 3.48. The molecule has 0 radical (unpaired) electrons. The summed E-state index contributed by atoms with van der Waals surface area (Å²) in [6, 6.07) is 0. The summed E-state index contributed by atoms with van der Waals surface area (Å²) in [4.78, 5) is 14.1. The van der Waals surface area contributed by atoms with E-state index in [0.717, 1.165) is 25.3 Å². The number of likely N-dealkylation sites (tertiary alicyclic amines) is 1. The second kappa shape index (κ2) is 5.67. The maximum Gasteiger partial charge on any atom is 0.310 e. The molecule has 3 heteroatoms. The maximum absolute atomic E-state index is 11.6. The van der Waals surface area contributed by atoms with Crippen LogP contribution in [-0.4, -0.2) is 37.1 Å². The van der Waals surface area contributed by atoms with Gasteiger partial charge in [-0.15, -0.1) is 0 Å². The van der Waals surface area contributed by atoms with Gasteiger partial charge in [-0.2, -0.15) is 0 Å². The molecule has 92 valence electrons. The Hall–Kier alpha value is -0.570. The van der Waals surface area contributed by atoms with Crippen LogP contribution >= 0.6 is 0 Å². The third-order valence-corrected chi connectivity index (χ3v) is 3.68. The molecular formula is C13H23NO2. The summed E-state index contributed by atoms with van der Waals surface area (Å²) < 4.78 is 5.10. The summed E-state index contributed by atoms with van der Waals surface area (Å²) >= 11 is 0. The smallest absolute Gasteiger partial charge is 0.310 e. The van der Waals surface area contributed by atoms with E-state index in [2.05, 4.69) is 4.90 Å². The number of rotatable bonds is 5. The molecule has 0 aromatic carbocycles. The molecule has 2 fully saturated rings. The standard InChI is InChI=1S/C13H23NO2/c1-2-16-13(15)12-4-3-8-14(10-12)9-7-11-5-6-11/h11-12H,2-10H2,1H3/t12-/m1/s1. The van der Waals surface area contributed by atoms with E-state index >= 15 is 0 Å². The molecule has 2 rings (SSSR count). The van der Waals surface area contributed by atoms with E-state index in [1.807, 2.05) is 6.92 Å². The number of hydrogen-bond donors (Lipinski definition) is 0. The van der Waals surface area contributed by atoms with Crippen LogP contribution in [0, 0.1) is 11.8 Å². The molecule has 2 aliphatic rings. The minimum absolute atomic E-state index is 0.0126. The molecule has 1 heterocycles. The molecule has 0 N–H and O–H groups in total. The molecule has 1 aliphatic heterocycles. The van der Waals surface area contributed by atoms with Crippen LogP contribution in [0.25, 0.3) is 0 Å². The van der Waals surface area contributed by atoms with Gasteiger partial charge >= 0.3 is 5.97 Å². The van der Waals surface area contributed by atoms with Crippen LogP contribution in [0.5, 0.6) is 0 Å². The van der Waals surface area contributed by atoms with Crippen molar-refractivity contribution in [3.63, 3.8) is 0 Å². The molecule has 1 saturated carbocycles. The van der Waals surface area contributed by atoms with Crippen molar-refractivity contribution in [1.82, 2.24) is 4.90 Å². The van der Waals surface area contributed by atoms with E-state index in [1.54, 1.807) is 0 Å². The first-order chi connectivity index (χ1) is 7.79. The van der Waals surface area contributed by atoms with Crippen molar-refractivity contribution in [2.75, 3.05) is 26.2 Å². The van der Waals surface area contributed by atoms with Crippen molar-refractivity contribution >= 4 is 5.97 Å². The molecule has 16 heavy (non-hydrogen) atoms. The Morgan fingerprint density at radius 3 is 2.88 bits per heavy atom. The summed E-state index contributed by atoms with van der Waals surface area (Å²) in [7, 11) is 0. The lowest BCUT2D eigenvalue weighted by Gasteiger charge is -2.31. The van der Waals surface area contributed by atoms with Crippen LogP contribution < -0.4 is 0 Å². The van der Waals surface area contributed by atoms with Crippen LogP contribution in [0.1, 0.15) is 39.0 Å². The van der Waals surface area contributed by atoms with E-state index in [4.69, 9.17) is 4.74 Å². The van der Waals surface area contributed by atoms with Crippen LogP contribution in [0.15, 0.2) is 0 Å². The van der Waals surface area contributed by atoms with E-state index in [0.29, 0.717) is 6.61 Å². The number of esters is 1. The Morgan fingerprint density at radius 1 is 1.38 bits per heavy atom. The maximum atomic E-state index is 11.6. The van der Waals surface area contributed by atoms with Crippen molar-refractivity contribution in [2.24, 2.45) is 11.8 Å². The monoisotopic (exact) mass is 225 g/mol. The van der Waals surface area contributed by atoms with Crippen molar-refractivity contribution in [3.05, 3.63) is 0 Å². The normalized spacial score (nSPS) is 26.7. The lowest BCUT2D eigenvalue weighted by Crippen LogP contribution is -2.39. The fourth-order valence-electron chi connectivity index (χ4n) is 2.48. The summed E-state index contributed by atoms with van der Waals surface area (Å²) in [6.07, 6.45) is 6.34. The van der Waals surface area contributed by atoms with Crippen LogP contribution in [0.4, 0.5) is 0 Å². The lowest BCUT2D eigenvalue weighted by atomic mass is 9.98. The molecule has 0 bridgehead atoms. The second-order valence-electron chi connectivity index (χ2n) is 5.12. The third-order valence-electron chi connectivity index (χ3n) is 3.68. The van der Waals surface area contributed by atoms with Crippen LogP contribution in [0.2, 0.25) is 0 Å². The molecule has 1 atom stereocenters. The average Bonchev–Trinajstić information content (AvgIpc) is 3.11. The van der Waals surface area contributed by atoms with Crippen molar-refractivity contribution < 1.29 is 9.53 Å². The summed E-state index contributed by atoms with van der Waals surface area (Å²) in [6.45, 7) is 5.66. The van der Waals surface area contributed by atoms with Gasteiger partial charge in [0.15, 0.2) is 0 Å². The van der Waals surface area contributed by atoms with Gasteiger partial charge in [0.2, 0.25) is 0 Å². The van der Waals surface area contributed by atoms with E-state index < -0.39 is 0 Å². The van der Waals surface area contributed by atoms with Crippen LogP contribution in [0.3, 0.4) is 0 Å². The highest BCUT2D eigenvalue weighted by Gasteiger charge is 2.28. The zero-order valence-corrected chi connectivity index (χ0v) is 10.3. The molecule has 3 nitrogen and oxygen atoms in total. The highest BCUT2D eigenvalue weighted by Crippen LogP contribution is 2.32. The van der Waals surface area contributed by atoms with Gasteiger partial charge in [-0.25, -0.2) is 0 Å². The molecule has 1 saturated heterocycles. The van der Waals surface area contributed by atoms with E-state index in [1.165, 1.54) is 32.4 Å². The second-order valence-corrected chi connectivity index (χ2v) is 5.12. The highest BCUT2D eigenvalue weighted by atomic mass is 16.5. The van der Waals surface area contributed by atoms with Crippen molar-refractivity contribution in [3.8, 4) is 0 Å². The Kier molecular flexibility index (Phi) is 4.22. The number of piperidine rings is 1. The van der Waals surface area contributed by atoms with Crippen molar-refractivity contribution in [2.45, 2.75) is 39.0 Å². The molecule has 0 spiro atoms. The number of nitrogens with zero attached hydrogens (tertiary/aromatic N) is 1. The Morgan fingerprint density at radius 2 is 2.19 bits per heavy atom. The van der Waals surface area contributed by atoms with E-state index in [-0.39, 0.29) is 11.9 Å². The van der Waals surface area contributed by atoms with Gasteiger partial charge in [-0.05, 0) is 45.2 Å². The lowest BCUT2D eigenvalue weighted by molar-refractivity contribution is -0.149. The summed E-state index contributed by atoms with van der Waals surface area (Å²) in [5, 5.41) is 0. The quantitative estimate of drug-likeness (QED) is 0.671. The van der Waals surface area contributed by atoms with Crippen LogP contribution in [-0.2, 0) is 9.53 Å². The zero-order valence-electron chi connectivity index (χ0n) is 10.3. The number of carbonyl (C=O) groups excluding carboxylic acids is 1. The molecule has 1 aliphatic carbocycles. The molecular weight excluding hydrogens is 202 g/mol. The zero-order chi connectivity index (χ0) is 11.4. The van der Waals surface area contributed by atoms with Gasteiger partial charge < -0.3 is 9.64 Å². The molecule has 0 aromatic heterocycles. The Bertz CT molecular complexity index is 238. The molecule has 0 aromatic rings. The van der Waals surface area contributed by atoms with Gasteiger partial charge in [0.05, 0.1) is 12.5 Å². The first-order valence-corrected chi connectivity index (χ1v) is 6.68. The Balaban J connectivity index is 1.71. The average molecular weight is 225 g/mol. The minimum atomic E-state index is 0.0126. The SMILES string of the molecule is CCOC(=O)[C@@H]1CCCN(CCC2CC2)C1. The largest absolute Gasteiger partial charge is 0.466 e. The first-order valence-electron chi connectivity index (χ1n) is 6.68. The predicted octanol–water partition coefficient (Wildman–Crippen LogP) is 2.06. The fourth-order valence-corrected chi connectivity index (χ4v) is 2.48. The highest BCUT2D eigenvalue weighted by molar-refractivity contribution is 5.72. The molecule has 0 unspecified atom stereocenters. The fraction of sp³-hybridized carbons (Fsp3) is 0.923. The summed E-state index contributed by atoms with van der Waals surface area (Å²) in [5.74, 6) is 1.13. The topological polar surface area (TPSA) is 29.5 Å². The number of carbonyl (C=O) groups is 1. The predicted molar refractivity (Wildman–Crippen MR) is 63.1 cm³/mol. The van der Waals surface area contributed by atoms with Gasteiger partial charge in [0, 0.05) is 6.54 Å². The van der Waals surface area contributed by atoms with Crippen molar-refractivity contribution in [1.29, 1.82) is 0 Å². The van der Waals surface area contributed by atoms with Gasteiger partial charge in [-0.3, -0.25) is 4.79 Å². The first kappa shape index (κ1) is 11.9. The van der Waals surface area contributed by atoms with Gasteiger partial charge in [0.25, 0.3) is 0 Å². The number of hydrogen-bond acceptors (Lipinski definition) is 3. The van der Waals surface area contributed by atoms with E-state index in [9.17, 15) is 4.79 Å². The summed E-state index contributed by atoms with van der Waals surface area (Å²) in [5.41, 5.74) is 0. The Labute approximate surface area is 98.1 Å². The minimum Gasteiger partial charge on any atom is -0.466 e.